The summed E-state index contributed by atoms with van der Waals surface area (Å²) in [5.41, 5.74) is 0.444. The SMILES string of the molecule is CCCCCCCOCC1(CBr)CCCCCC1. The Labute approximate surface area is 122 Å². The monoisotopic (exact) mass is 318 g/mol. The van der Waals surface area contributed by atoms with Gasteiger partial charge < -0.3 is 4.74 Å². The molecule has 0 heterocycles. The smallest absolute Gasteiger partial charge is 0.0530 e. The summed E-state index contributed by atoms with van der Waals surface area (Å²) in [4.78, 5) is 0. The van der Waals surface area contributed by atoms with Crippen LogP contribution in [-0.4, -0.2) is 18.5 Å². The quantitative estimate of drug-likeness (QED) is 0.300. The average molecular weight is 319 g/mol. The molecule has 0 aromatic rings. The van der Waals surface area contributed by atoms with Crippen molar-refractivity contribution < 1.29 is 4.74 Å². The molecule has 1 aliphatic rings. The van der Waals surface area contributed by atoms with Crippen molar-refractivity contribution in [3.8, 4) is 0 Å². The summed E-state index contributed by atoms with van der Waals surface area (Å²) in [5.74, 6) is 0. The molecule has 18 heavy (non-hydrogen) atoms. The van der Waals surface area contributed by atoms with Crippen molar-refractivity contribution in [2.45, 2.75) is 77.6 Å². The molecule has 1 aliphatic carbocycles. The van der Waals surface area contributed by atoms with Crippen LogP contribution in [0.3, 0.4) is 0 Å². The minimum absolute atomic E-state index is 0.444. The first-order valence-corrected chi connectivity index (χ1v) is 9.09. The zero-order valence-electron chi connectivity index (χ0n) is 12.2. The summed E-state index contributed by atoms with van der Waals surface area (Å²) in [6.45, 7) is 4.22. The van der Waals surface area contributed by atoms with Crippen molar-refractivity contribution in [2.75, 3.05) is 18.5 Å². The summed E-state index contributed by atoms with van der Waals surface area (Å²) in [6, 6.07) is 0. The lowest BCUT2D eigenvalue weighted by Crippen LogP contribution is -2.28. The van der Waals surface area contributed by atoms with E-state index < -0.39 is 0 Å². The van der Waals surface area contributed by atoms with Gasteiger partial charge in [-0.15, -0.1) is 0 Å². The highest BCUT2D eigenvalue weighted by atomic mass is 79.9. The van der Waals surface area contributed by atoms with E-state index in [1.165, 1.54) is 70.6 Å². The van der Waals surface area contributed by atoms with E-state index in [4.69, 9.17) is 4.74 Å². The summed E-state index contributed by atoms with van der Waals surface area (Å²) >= 11 is 3.73. The standard InChI is InChI=1S/C16H31BrO/c1-2-3-4-7-10-13-18-15-16(14-17)11-8-5-6-9-12-16/h2-15H2,1H3. The van der Waals surface area contributed by atoms with Gasteiger partial charge in [-0.25, -0.2) is 0 Å². The molecule has 0 atom stereocenters. The topological polar surface area (TPSA) is 9.23 Å². The fourth-order valence-electron chi connectivity index (χ4n) is 2.89. The Hall–Kier alpha value is 0.440. The maximum atomic E-state index is 5.97. The van der Waals surface area contributed by atoms with E-state index in [-0.39, 0.29) is 0 Å². The molecule has 0 amide bonds. The largest absolute Gasteiger partial charge is 0.381 e. The van der Waals surface area contributed by atoms with Crippen molar-refractivity contribution in [1.82, 2.24) is 0 Å². The second-order valence-electron chi connectivity index (χ2n) is 6.01. The number of hydrogen-bond donors (Lipinski definition) is 0. The minimum atomic E-state index is 0.444. The van der Waals surface area contributed by atoms with Crippen molar-refractivity contribution in [3.63, 3.8) is 0 Å². The lowest BCUT2D eigenvalue weighted by Gasteiger charge is -2.30. The van der Waals surface area contributed by atoms with Crippen LogP contribution in [0, 0.1) is 5.41 Å². The van der Waals surface area contributed by atoms with E-state index in [2.05, 4.69) is 22.9 Å². The summed E-state index contributed by atoms with van der Waals surface area (Å²) in [6.07, 6.45) is 15.0. The summed E-state index contributed by atoms with van der Waals surface area (Å²) in [7, 11) is 0. The Morgan fingerprint density at radius 1 is 0.944 bits per heavy atom. The Bertz CT molecular complexity index is 186. The number of unbranched alkanes of at least 4 members (excludes halogenated alkanes) is 4. The molecule has 1 rings (SSSR count). The van der Waals surface area contributed by atoms with Gasteiger partial charge in [-0.1, -0.05) is 74.2 Å². The molecule has 0 N–H and O–H groups in total. The molecular weight excluding hydrogens is 288 g/mol. The minimum Gasteiger partial charge on any atom is -0.381 e. The first-order valence-electron chi connectivity index (χ1n) is 7.97. The van der Waals surface area contributed by atoms with Gasteiger partial charge in [-0.3, -0.25) is 0 Å². The molecule has 0 radical (unpaired) electrons. The van der Waals surface area contributed by atoms with Gasteiger partial charge in [0.25, 0.3) is 0 Å². The molecule has 0 unspecified atom stereocenters. The van der Waals surface area contributed by atoms with Crippen LogP contribution in [0.4, 0.5) is 0 Å². The third-order valence-electron chi connectivity index (χ3n) is 4.25. The second-order valence-corrected chi connectivity index (χ2v) is 6.58. The van der Waals surface area contributed by atoms with E-state index in [0.717, 1.165) is 18.5 Å². The molecule has 1 nitrogen and oxygen atoms in total. The van der Waals surface area contributed by atoms with Gasteiger partial charge in [0, 0.05) is 17.4 Å². The highest BCUT2D eigenvalue weighted by Gasteiger charge is 2.29. The van der Waals surface area contributed by atoms with E-state index in [0.29, 0.717) is 5.41 Å². The molecule has 0 spiro atoms. The lowest BCUT2D eigenvalue weighted by molar-refractivity contribution is 0.0455. The fourth-order valence-corrected chi connectivity index (χ4v) is 3.61. The average Bonchev–Trinajstić information content (AvgIpc) is 2.64. The van der Waals surface area contributed by atoms with Crippen molar-refractivity contribution in [1.29, 1.82) is 0 Å². The highest BCUT2D eigenvalue weighted by molar-refractivity contribution is 9.09. The Balaban J connectivity index is 2.10. The van der Waals surface area contributed by atoms with Gasteiger partial charge in [0.15, 0.2) is 0 Å². The predicted octanol–water partition coefficient (Wildman–Crippen LogP) is 5.71. The van der Waals surface area contributed by atoms with E-state index in [1.54, 1.807) is 0 Å². The number of alkyl halides is 1. The van der Waals surface area contributed by atoms with Gasteiger partial charge in [0.1, 0.15) is 0 Å². The van der Waals surface area contributed by atoms with Crippen LogP contribution in [0.2, 0.25) is 0 Å². The van der Waals surface area contributed by atoms with Crippen LogP contribution in [0.5, 0.6) is 0 Å². The summed E-state index contributed by atoms with van der Waals surface area (Å²) in [5, 5.41) is 1.12. The van der Waals surface area contributed by atoms with Crippen molar-refractivity contribution in [3.05, 3.63) is 0 Å². The Morgan fingerprint density at radius 3 is 2.22 bits per heavy atom. The number of rotatable bonds is 9. The third kappa shape index (κ3) is 6.56. The molecule has 0 aromatic heterocycles. The highest BCUT2D eigenvalue weighted by Crippen LogP contribution is 2.36. The molecule has 1 fully saturated rings. The zero-order valence-corrected chi connectivity index (χ0v) is 13.8. The number of hydrogen-bond acceptors (Lipinski definition) is 1. The van der Waals surface area contributed by atoms with Crippen molar-refractivity contribution >= 4 is 15.9 Å². The molecule has 0 saturated heterocycles. The molecule has 1 saturated carbocycles. The van der Waals surface area contributed by atoms with Crippen LogP contribution < -0.4 is 0 Å². The molecular formula is C16H31BrO. The summed E-state index contributed by atoms with van der Waals surface area (Å²) < 4.78 is 5.97. The van der Waals surface area contributed by atoms with Crippen LogP contribution in [-0.2, 0) is 4.74 Å². The van der Waals surface area contributed by atoms with Crippen LogP contribution in [0.15, 0.2) is 0 Å². The third-order valence-corrected chi connectivity index (χ3v) is 5.44. The lowest BCUT2D eigenvalue weighted by atomic mass is 9.83. The van der Waals surface area contributed by atoms with Gasteiger partial charge in [-0.05, 0) is 19.3 Å². The van der Waals surface area contributed by atoms with Crippen LogP contribution in [0.25, 0.3) is 0 Å². The molecule has 0 aromatic carbocycles. The van der Waals surface area contributed by atoms with Crippen molar-refractivity contribution in [2.24, 2.45) is 5.41 Å². The fraction of sp³-hybridized carbons (Fsp3) is 1.00. The Morgan fingerprint density at radius 2 is 1.61 bits per heavy atom. The molecule has 108 valence electrons. The molecule has 0 bridgehead atoms. The van der Waals surface area contributed by atoms with Crippen LogP contribution in [0.1, 0.15) is 77.6 Å². The molecule has 0 aliphatic heterocycles. The van der Waals surface area contributed by atoms with Gasteiger partial charge >= 0.3 is 0 Å². The number of ether oxygens (including phenoxy) is 1. The van der Waals surface area contributed by atoms with E-state index in [9.17, 15) is 0 Å². The van der Waals surface area contributed by atoms with Crippen LogP contribution >= 0.6 is 15.9 Å². The van der Waals surface area contributed by atoms with E-state index in [1.807, 2.05) is 0 Å². The Kier molecular flexibility index (Phi) is 9.40. The maximum absolute atomic E-state index is 5.97. The molecule has 2 heteroatoms. The van der Waals surface area contributed by atoms with Gasteiger partial charge in [-0.2, -0.15) is 0 Å². The zero-order chi connectivity index (χ0) is 13.1. The predicted molar refractivity (Wildman–Crippen MR) is 83.5 cm³/mol. The maximum Gasteiger partial charge on any atom is 0.0530 e. The second kappa shape index (κ2) is 10.3. The van der Waals surface area contributed by atoms with E-state index >= 15 is 0 Å². The van der Waals surface area contributed by atoms with Gasteiger partial charge in [0.05, 0.1) is 6.61 Å². The van der Waals surface area contributed by atoms with Gasteiger partial charge in [0.2, 0.25) is 0 Å². The first-order chi connectivity index (χ1) is 8.83. The number of halogens is 1. The first kappa shape index (κ1) is 16.5. The normalized spacial score (nSPS) is 19.7.